The van der Waals surface area contributed by atoms with Gasteiger partial charge < -0.3 is 4.90 Å². The lowest BCUT2D eigenvalue weighted by Crippen LogP contribution is -2.26. The molecule has 0 aromatic carbocycles. The van der Waals surface area contributed by atoms with Crippen LogP contribution in [0.5, 0.6) is 0 Å². The maximum atomic E-state index is 2.68. The zero-order valence-corrected chi connectivity index (χ0v) is 8.26. The van der Waals surface area contributed by atoms with Gasteiger partial charge in [0.25, 0.3) is 0 Å². The van der Waals surface area contributed by atoms with Gasteiger partial charge in [-0.2, -0.15) is 0 Å². The minimum Gasteiger partial charge on any atom is -0.303 e. The molecule has 1 saturated heterocycles. The van der Waals surface area contributed by atoms with E-state index in [0.29, 0.717) is 0 Å². The molecule has 0 spiro atoms. The topological polar surface area (TPSA) is 3.24 Å². The Kier molecular flexibility index (Phi) is 2.69. The Balaban J connectivity index is 1.72. The first-order valence-corrected chi connectivity index (χ1v) is 5.57. The van der Waals surface area contributed by atoms with Crippen molar-refractivity contribution in [3.63, 3.8) is 0 Å². The SMILES string of the molecule is C[C@@H]1CCN(CC2CCCC2)C1. The molecule has 1 nitrogen and oxygen atoms in total. The number of rotatable bonds is 2. The molecule has 0 amide bonds. The largest absolute Gasteiger partial charge is 0.303 e. The smallest absolute Gasteiger partial charge is 0.000977 e. The summed E-state index contributed by atoms with van der Waals surface area (Å²) in [5, 5.41) is 0. The normalized spacial score (nSPS) is 33.2. The van der Waals surface area contributed by atoms with E-state index in [4.69, 9.17) is 0 Å². The number of likely N-dealkylation sites (tertiary alicyclic amines) is 1. The van der Waals surface area contributed by atoms with Crippen LogP contribution < -0.4 is 0 Å². The van der Waals surface area contributed by atoms with Crippen LogP contribution in [-0.2, 0) is 0 Å². The summed E-state index contributed by atoms with van der Waals surface area (Å²) in [5.41, 5.74) is 0. The van der Waals surface area contributed by atoms with Gasteiger partial charge in [0, 0.05) is 13.1 Å². The van der Waals surface area contributed by atoms with E-state index in [1.54, 1.807) is 0 Å². The summed E-state index contributed by atoms with van der Waals surface area (Å²) in [6, 6.07) is 0. The molecule has 1 aliphatic carbocycles. The molecule has 2 rings (SSSR count). The van der Waals surface area contributed by atoms with Crippen LogP contribution in [0.25, 0.3) is 0 Å². The molecule has 1 heterocycles. The Hall–Kier alpha value is -0.0400. The highest BCUT2D eigenvalue weighted by molar-refractivity contribution is 4.77. The van der Waals surface area contributed by atoms with Crippen molar-refractivity contribution in [3.8, 4) is 0 Å². The van der Waals surface area contributed by atoms with Crippen LogP contribution in [-0.4, -0.2) is 24.5 Å². The second-order valence-electron chi connectivity index (χ2n) is 4.80. The monoisotopic (exact) mass is 167 g/mol. The Bertz CT molecular complexity index is 138. The van der Waals surface area contributed by atoms with Gasteiger partial charge in [-0.05, 0) is 37.6 Å². The maximum absolute atomic E-state index is 2.68. The van der Waals surface area contributed by atoms with Crippen LogP contribution in [0.1, 0.15) is 39.0 Å². The average Bonchev–Trinajstić information content (AvgIpc) is 2.63. The van der Waals surface area contributed by atoms with Gasteiger partial charge in [-0.3, -0.25) is 0 Å². The second-order valence-corrected chi connectivity index (χ2v) is 4.80. The molecule has 1 saturated carbocycles. The molecular formula is C11H21N. The van der Waals surface area contributed by atoms with Crippen molar-refractivity contribution < 1.29 is 0 Å². The molecule has 0 radical (unpaired) electrons. The summed E-state index contributed by atoms with van der Waals surface area (Å²) in [5.74, 6) is 2.02. The van der Waals surface area contributed by atoms with Crippen molar-refractivity contribution in [1.82, 2.24) is 4.90 Å². The Morgan fingerprint density at radius 1 is 1.17 bits per heavy atom. The summed E-state index contributed by atoms with van der Waals surface area (Å²) < 4.78 is 0. The molecule has 0 unspecified atom stereocenters. The highest BCUT2D eigenvalue weighted by atomic mass is 15.1. The Morgan fingerprint density at radius 3 is 2.50 bits per heavy atom. The van der Waals surface area contributed by atoms with E-state index in [1.807, 2.05) is 0 Å². The molecular weight excluding hydrogens is 146 g/mol. The van der Waals surface area contributed by atoms with Crippen molar-refractivity contribution in [3.05, 3.63) is 0 Å². The summed E-state index contributed by atoms with van der Waals surface area (Å²) in [6.45, 7) is 6.53. The molecule has 1 aliphatic heterocycles. The van der Waals surface area contributed by atoms with Gasteiger partial charge in [-0.25, -0.2) is 0 Å². The van der Waals surface area contributed by atoms with E-state index in [2.05, 4.69) is 11.8 Å². The highest BCUT2D eigenvalue weighted by Gasteiger charge is 2.23. The van der Waals surface area contributed by atoms with Gasteiger partial charge in [0.2, 0.25) is 0 Å². The number of hydrogen-bond donors (Lipinski definition) is 0. The van der Waals surface area contributed by atoms with Crippen molar-refractivity contribution in [1.29, 1.82) is 0 Å². The molecule has 1 atom stereocenters. The zero-order valence-electron chi connectivity index (χ0n) is 8.26. The summed E-state index contributed by atoms with van der Waals surface area (Å²) in [4.78, 5) is 2.68. The van der Waals surface area contributed by atoms with E-state index in [0.717, 1.165) is 11.8 Å². The fraction of sp³-hybridized carbons (Fsp3) is 1.00. The molecule has 1 heteroatoms. The zero-order chi connectivity index (χ0) is 8.39. The molecule has 0 bridgehead atoms. The molecule has 12 heavy (non-hydrogen) atoms. The quantitative estimate of drug-likeness (QED) is 0.611. The lowest BCUT2D eigenvalue weighted by atomic mass is 10.1. The predicted octanol–water partition coefficient (Wildman–Crippen LogP) is 2.52. The first-order valence-electron chi connectivity index (χ1n) is 5.57. The first-order chi connectivity index (χ1) is 5.84. The van der Waals surface area contributed by atoms with Crippen LogP contribution in [0.15, 0.2) is 0 Å². The number of nitrogens with zero attached hydrogens (tertiary/aromatic N) is 1. The van der Waals surface area contributed by atoms with Crippen LogP contribution in [0.3, 0.4) is 0 Å². The Labute approximate surface area is 76.1 Å². The van der Waals surface area contributed by atoms with Crippen molar-refractivity contribution in [2.75, 3.05) is 19.6 Å². The van der Waals surface area contributed by atoms with Crippen molar-refractivity contribution in [2.24, 2.45) is 11.8 Å². The highest BCUT2D eigenvalue weighted by Crippen LogP contribution is 2.27. The third-order valence-electron chi connectivity index (χ3n) is 3.50. The number of hydrogen-bond acceptors (Lipinski definition) is 1. The molecule has 0 N–H and O–H groups in total. The standard InChI is InChI=1S/C11H21N/c1-10-6-7-12(8-10)9-11-4-2-3-5-11/h10-11H,2-9H2,1H3/t10-/m1/s1. The van der Waals surface area contributed by atoms with Crippen LogP contribution in [0, 0.1) is 11.8 Å². The predicted molar refractivity (Wildman–Crippen MR) is 52.2 cm³/mol. The van der Waals surface area contributed by atoms with Crippen LogP contribution >= 0.6 is 0 Å². The lowest BCUT2D eigenvalue weighted by molar-refractivity contribution is 0.272. The molecule has 0 aromatic rings. The fourth-order valence-electron chi connectivity index (χ4n) is 2.75. The van der Waals surface area contributed by atoms with Crippen LogP contribution in [0.4, 0.5) is 0 Å². The first kappa shape index (κ1) is 8.55. The van der Waals surface area contributed by atoms with Crippen molar-refractivity contribution >= 4 is 0 Å². The third kappa shape index (κ3) is 2.01. The minimum atomic E-state index is 0.964. The van der Waals surface area contributed by atoms with Gasteiger partial charge in [0.15, 0.2) is 0 Å². The second kappa shape index (κ2) is 3.78. The van der Waals surface area contributed by atoms with Gasteiger partial charge in [0.05, 0.1) is 0 Å². The summed E-state index contributed by atoms with van der Waals surface area (Å²) >= 11 is 0. The van der Waals surface area contributed by atoms with Gasteiger partial charge >= 0.3 is 0 Å². The Morgan fingerprint density at radius 2 is 1.92 bits per heavy atom. The molecule has 2 fully saturated rings. The molecule has 70 valence electrons. The van der Waals surface area contributed by atoms with E-state index in [9.17, 15) is 0 Å². The lowest BCUT2D eigenvalue weighted by Gasteiger charge is -2.19. The summed E-state index contributed by atoms with van der Waals surface area (Å²) in [6.07, 6.45) is 7.44. The molecule has 0 aromatic heterocycles. The van der Waals surface area contributed by atoms with Crippen molar-refractivity contribution in [2.45, 2.75) is 39.0 Å². The van der Waals surface area contributed by atoms with E-state index in [1.165, 1.54) is 51.7 Å². The maximum Gasteiger partial charge on any atom is 0.000977 e. The van der Waals surface area contributed by atoms with Gasteiger partial charge in [-0.1, -0.05) is 19.8 Å². The average molecular weight is 167 g/mol. The third-order valence-corrected chi connectivity index (χ3v) is 3.50. The van der Waals surface area contributed by atoms with E-state index < -0.39 is 0 Å². The minimum absolute atomic E-state index is 0.964. The fourth-order valence-corrected chi connectivity index (χ4v) is 2.75. The summed E-state index contributed by atoms with van der Waals surface area (Å²) in [7, 11) is 0. The van der Waals surface area contributed by atoms with E-state index in [-0.39, 0.29) is 0 Å². The van der Waals surface area contributed by atoms with Gasteiger partial charge in [0.1, 0.15) is 0 Å². The molecule has 2 aliphatic rings. The van der Waals surface area contributed by atoms with Gasteiger partial charge in [-0.15, -0.1) is 0 Å². The van der Waals surface area contributed by atoms with Crippen LogP contribution in [0.2, 0.25) is 0 Å². The van der Waals surface area contributed by atoms with E-state index >= 15 is 0 Å².